The van der Waals surface area contributed by atoms with Crippen molar-refractivity contribution in [1.82, 2.24) is 14.3 Å². The number of sulfonamides is 1. The summed E-state index contributed by atoms with van der Waals surface area (Å²) in [5.41, 5.74) is 1.48. The van der Waals surface area contributed by atoms with E-state index in [9.17, 15) is 13.5 Å². The molecule has 6 nitrogen and oxygen atoms in total. The first-order valence-electron chi connectivity index (χ1n) is 6.19. The van der Waals surface area contributed by atoms with Gasteiger partial charge >= 0.3 is 0 Å². The molecule has 20 heavy (non-hydrogen) atoms. The van der Waals surface area contributed by atoms with E-state index in [0.29, 0.717) is 12.1 Å². The van der Waals surface area contributed by atoms with Crippen molar-refractivity contribution in [3.63, 3.8) is 0 Å². The molecule has 2 aromatic rings. The average Bonchev–Trinajstić information content (AvgIpc) is 2.92. The first-order valence-corrected chi connectivity index (χ1v) is 7.67. The molecule has 108 valence electrons. The summed E-state index contributed by atoms with van der Waals surface area (Å²) in [7, 11) is -3.56. The molecule has 0 saturated carbocycles. The molecule has 2 N–H and O–H groups in total. The van der Waals surface area contributed by atoms with Gasteiger partial charge in [0.1, 0.15) is 0 Å². The molecule has 7 heteroatoms. The molecule has 1 aromatic carbocycles. The van der Waals surface area contributed by atoms with Crippen LogP contribution in [0.25, 0.3) is 0 Å². The number of rotatable bonds is 6. The van der Waals surface area contributed by atoms with E-state index in [0.717, 1.165) is 5.56 Å². The molecule has 0 fully saturated rings. The first-order chi connectivity index (χ1) is 9.53. The lowest BCUT2D eigenvalue weighted by Crippen LogP contribution is -2.27. The first kappa shape index (κ1) is 14.7. The van der Waals surface area contributed by atoms with Crippen LogP contribution >= 0.6 is 0 Å². The summed E-state index contributed by atoms with van der Waals surface area (Å²) >= 11 is 0. The summed E-state index contributed by atoms with van der Waals surface area (Å²) in [5, 5.41) is 9.18. The Morgan fingerprint density at radius 2 is 2.20 bits per heavy atom. The molecule has 0 amide bonds. The van der Waals surface area contributed by atoms with E-state index in [4.69, 9.17) is 0 Å². The number of imidazole rings is 1. The predicted octanol–water partition coefficient (Wildman–Crippen LogP) is 0.662. The van der Waals surface area contributed by atoms with Crippen LogP contribution in [0.4, 0.5) is 0 Å². The Morgan fingerprint density at radius 1 is 1.40 bits per heavy atom. The maximum Gasteiger partial charge on any atom is 0.240 e. The Balaban J connectivity index is 2.06. The lowest BCUT2D eigenvalue weighted by molar-refractivity contribution is 0.280. The van der Waals surface area contributed by atoms with Gasteiger partial charge in [0.2, 0.25) is 10.0 Å². The Labute approximate surface area is 118 Å². The molecule has 0 atom stereocenters. The molecule has 0 aliphatic heterocycles. The Morgan fingerprint density at radius 3 is 2.85 bits per heavy atom. The van der Waals surface area contributed by atoms with Crippen LogP contribution in [0.15, 0.2) is 41.8 Å². The van der Waals surface area contributed by atoms with Crippen LogP contribution in [-0.2, 0) is 23.2 Å². The minimum atomic E-state index is -3.56. The monoisotopic (exact) mass is 295 g/mol. The molecular weight excluding hydrogens is 278 g/mol. The van der Waals surface area contributed by atoms with Gasteiger partial charge in [-0.1, -0.05) is 6.07 Å². The van der Waals surface area contributed by atoms with E-state index in [1.54, 1.807) is 29.4 Å². The topological polar surface area (TPSA) is 84.2 Å². The number of nitrogens with zero attached hydrogens (tertiary/aromatic N) is 2. The number of aliphatic hydroxyl groups is 1. The summed E-state index contributed by atoms with van der Waals surface area (Å²) in [6.45, 7) is 2.44. The summed E-state index contributed by atoms with van der Waals surface area (Å²) < 4.78 is 28.6. The van der Waals surface area contributed by atoms with Gasteiger partial charge in [0, 0.05) is 25.5 Å². The summed E-state index contributed by atoms with van der Waals surface area (Å²) in [5.74, 6) is 0. The summed E-state index contributed by atoms with van der Waals surface area (Å²) in [6.07, 6.45) is 5.04. The fourth-order valence-corrected chi connectivity index (χ4v) is 2.87. The zero-order valence-electron chi connectivity index (χ0n) is 11.2. The largest absolute Gasteiger partial charge is 0.392 e. The van der Waals surface area contributed by atoms with Crippen molar-refractivity contribution >= 4 is 10.0 Å². The molecule has 0 bridgehead atoms. The third-order valence-electron chi connectivity index (χ3n) is 3.02. The molecule has 2 rings (SSSR count). The average molecular weight is 295 g/mol. The summed E-state index contributed by atoms with van der Waals surface area (Å²) in [6, 6.07) is 4.72. The smallest absolute Gasteiger partial charge is 0.240 e. The molecule has 0 aliphatic rings. The third kappa shape index (κ3) is 3.44. The SMILES string of the molecule is Cc1ccc(S(=O)(=O)NCCn2ccnc2)cc1CO. The number of hydrogen-bond donors (Lipinski definition) is 2. The van der Waals surface area contributed by atoms with E-state index < -0.39 is 10.0 Å². The lowest BCUT2D eigenvalue weighted by atomic mass is 10.1. The van der Waals surface area contributed by atoms with Gasteiger partial charge in [-0.2, -0.15) is 0 Å². The number of aryl methyl sites for hydroxylation is 1. The Hall–Kier alpha value is -1.70. The van der Waals surface area contributed by atoms with Crippen molar-refractivity contribution in [3.05, 3.63) is 48.0 Å². The van der Waals surface area contributed by atoms with Crippen molar-refractivity contribution < 1.29 is 13.5 Å². The van der Waals surface area contributed by atoms with E-state index in [1.165, 1.54) is 12.1 Å². The van der Waals surface area contributed by atoms with Crippen LogP contribution in [0.3, 0.4) is 0 Å². The van der Waals surface area contributed by atoms with E-state index >= 15 is 0 Å². The second kappa shape index (κ2) is 6.17. The van der Waals surface area contributed by atoms with Crippen molar-refractivity contribution in [1.29, 1.82) is 0 Å². The maximum atomic E-state index is 12.1. The highest BCUT2D eigenvalue weighted by Gasteiger charge is 2.14. The molecule has 0 saturated heterocycles. The zero-order valence-corrected chi connectivity index (χ0v) is 12.0. The lowest BCUT2D eigenvalue weighted by Gasteiger charge is -2.09. The number of aromatic nitrogens is 2. The van der Waals surface area contributed by atoms with Gasteiger partial charge in [0.25, 0.3) is 0 Å². The zero-order chi connectivity index (χ0) is 14.6. The fraction of sp³-hybridized carbons (Fsp3) is 0.308. The highest BCUT2D eigenvalue weighted by Crippen LogP contribution is 2.15. The molecule has 0 radical (unpaired) electrons. The van der Waals surface area contributed by atoms with Crippen LogP contribution in [0.5, 0.6) is 0 Å². The fourth-order valence-electron chi connectivity index (χ4n) is 1.80. The van der Waals surface area contributed by atoms with E-state index in [-0.39, 0.29) is 18.0 Å². The van der Waals surface area contributed by atoms with Gasteiger partial charge in [-0.25, -0.2) is 18.1 Å². The second-order valence-electron chi connectivity index (χ2n) is 4.44. The van der Waals surface area contributed by atoms with Gasteiger partial charge in [-0.15, -0.1) is 0 Å². The number of nitrogens with one attached hydrogen (secondary N) is 1. The van der Waals surface area contributed by atoms with Gasteiger partial charge in [-0.3, -0.25) is 0 Å². The van der Waals surface area contributed by atoms with Crippen LogP contribution < -0.4 is 4.72 Å². The second-order valence-corrected chi connectivity index (χ2v) is 6.21. The van der Waals surface area contributed by atoms with E-state index in [1.807, 2.05) is 6.92 Å². The Kier molecular flexibility index (Phi) is 4.53. The third-order valence-corrected chi connectivity index (χ3v) is 4.48. The van der Waals surface area contributed by atoms with Crippen LogP contribution in [0, 0.1) is 6.92 Å². The molecular formula is C13H17N3O3S. The van der Waals surface area contributed by atoms with Crippen molar-refractivity contribution in [2.45, 2.75) is 25.0 Å². The van der Waals surface area contributed by atoms with Crippen molar-refractivity contribution in [3.8, 4) is 0 Å². The minimum Gasteiger partial charge on any atom is -0.392 e. The highest BCUT2D eigenvalue weighted by atomic mass is 32.2. The maximum absolute atomic E-state index is 12.1. The molecule has 0 spiro atoms. The number of hydrogen-bond acceptors (Lipinski definition) is 4. The normalized spacial score (nSPS) is 11.7. The van der Waals surface area contributed by atoms with Crippen LogP contribution in [0.2, 0.25) is 0 Å². The molecule has 0 aliphatic carbocycles. The Bertz CT molecular complexity index is 666. The number of aliphatic hydroxyl groups excluding tert-OH is 1. The molecule has 0 unspecified atom stereocenters. The highest BCUT2D eigenvalue weighted by molar-refractivity contribution is 7.89. The number of benzene rings is 1. The quantitative estimate of drug-likeness (QED) is 0.820. The van der Waals surface area contributed by atoms with Gasteiger partial charge in [0.05, 0.1) is 17.8 Å². The van der Waals surface area contributed by atoms with Gasteiger partial charge in [0.15, 0.2) is 0 Å². The van der Waals surface area contributed by atoms with Crippen LogP contribution in [-0.4, -0.2) is 29.6 Å². The van der Waals surface area contributed by atoms with Crippen molar-refractivity contribution in [2.75, 3.05) is 6.54 Å². The minimum absolute atomic E-state index is 0.165. The molecule has 1 aromatic heterocycles. The van der Waals surface area contributed by atoms with E-state index in [2.05, 4.69) is 9.71 Å². The van der Waals surface area contributed by atoms with Crippen molar-refractivity contribution in [2.24, 2.45) is 0 Å². The standard InChI is InChI=1S/C13H17N3O3S/c1-11-2-3-13(8-12(11)9-17)20(18,19)15-5-7-16-6-4-14-10-16/h2-4,6,8,10,15,17H,5,7,9H2,1H3. The van der Waals surface area contributed by atoms with Gasteiger partial charge < -0.3 is 9.67 Å². The predicted molar refractivity (Wildman–Crippen MR) is 74.5 cm³/mol. The van der Waals surface area contributed by atoms with Gasteiger partial charge in [-0.05, 0) is 30.2 Å². The molecule has 1 heterocycles. The van der Waals surface area contributed by atoms with Crippen LogP contribution in [0.1, 0.15) is 11.1 Å². The summed E-state index contributed by atoms with van der Waals surface area (Å²) in [4.78, 5) is 4.05.